The third-order valence-electron chi connectivity index (χ3n) is 3.60. The van der Waals surface area contributed by atoms with Gasteiger partial charge in [-0.05, 0) is 0 Å². The zero-order chi connectivity index (χ0) is 15.4. The molecule has 5 nitrogen and oxygen atoms in total. The van der Waals surface area contributed by atoms with Gasteiger partial charge in [0.2, 0.25) is 0 Å². The molecule has 0 atom stereocenters. The molecule has 1 aromatic heterocycles. The van der Waals surface area contributed by atoms with Gasteiger partial charge in [0, 0.05) is 50.7 Å². The van der Waals surface area contributed by atoms with Crippen molar-refractivity contribution in [3.05, 3.63) is 42.5 Å². The number of nitrogens with zero attached hydrogens (tertiary/aromatic N) is 3. The van der Waals surface area contributed by atoms with Crippen LogP contribution in [-0.4, -0.2) is 42.3 Å². The van der Waals surface area contributed by atoms with Gasteiger partial charge in [-0.1, -0.05) is 0 Å². The van der Waals surface area contributed by atoms with Crippen LogP contribution in [-0.2, 0) is 6.54 Å². The Balaban J connectivity index is 1.66. The number of ether oxygens (including phenoxy) is 1. The predicted molar refractivity (Wildman–Crippen MR) is 79.2 cm³/mol. The highest BCUT2D eigenvalue weighted by Crippen LogP contribution is 2.28. The summed E-state index contributed by atoms with van der Waals surface area (Å²) in [6, 6.07) is 2.49. The fourth-order valence-electron chi connectivity index (χ4n) is 2.50. The first-order valence-corrected chi connectivity index (χ1v) is 7.27. The van der Waals surface area contributed by atoms with E-state index < -0.39 is 11.6 Å². The number of aromatic nitrogens is 2. The molecule has 3 rings (SSSR count). The number of hydrogen-bond acceptors (Lipinski definition) is 4. The number of hydrogen-bond donors (Lipinski definition) is 1. The average molecular weight is 308 g/mol. The molecule has 22 heavy (non-hydrogen) atoms. The summed E-state index contributed by atoms with van der Waals surface area (Å²) in [4.78, 5) is 5.63. The van der Waals surface area contributed by atoms with Gasteiger partial charge in [-0.15, -0.1) is 0 Å². The minimum absolute atomic E-state index is 0.0310. The molecular formula is C15H18F2N4O. The molecule has 118 valence electrons. The van der Waals surface area contributed by atoms with Gasteiger partial charge in [-0.3, -0.25) is 0 Å². The van der Waals surface area contributed by atoms with Gasteiger partial charge in [0.1, 0.15) is 18.0 Å². The molecule has 2 heterocycles. The van der Waals surface area contributed by atoms with E-state index in [0.29, 0.717) is 26.2 Å². The molecule has 1 N–H and O–H groups in total. The van der Waals surface area contributed by atoms with Crippen LogP contribution in [0.4, 0.5) is 14.5 Å². The maximum Gasteiger partial charge on any atom is 0.153 e. The summed E-state index contributed by atoms with van der Waals surface area (Å²) in [5, 5.41) is 3.16. The summed E-state index contributed by atoms with van der Waals surface area (Å²) in [7, 11) is 0. The van der Waals surface area contributed by atoms with Crippen molar-refractivity contribution < 1.29 is 13.5 Å². The van der Waals surface area contributed by atoms with Gasteiger partial charge >= 0.3 is 0 Å². The van der Waals surface area contributed by atoms with Gasteiger partial charge in [0.15, 0.2) is 11.6 Å². The molecule has 0 saturated carbocycles. The zero-order valence-electron chi connectivity index (χ0n) is 12.1. The number of rotatable bonds is 5. The predicted octanol–water partition coefficient (Wildman–Crippen LogP) is 1.65. The lowest BCUT2D eigenvalue weighted by atomic mass is 10.2. The van der Waals surface area contributed by atoms with Gasteiger partial charge in [0.05, 0.1) is 12.9 Å². The van der Waals surface area contributed by atoms with E-state index in [1.165, 1.54) is 12.1 Å². The minimum Gasteiger partial charge on any atom is -0.492 e. The SMILES string of the molecule is Fc1cc(OCCn2ccnc2)cc(F)c1N1CCNCC1. The van der Waals surface area contributed by atoms with Crippen molar-refractivity contribution >= 4 is 5.69 Å². The molecule has 0 aliphatic carbocycles. The van der Waals surface area contributed by atoms with Crippen LogP contribution < -0.4 is 15.0 Å². The molecule has 7 heteroatoms. The summed E-state index contributed by atoms with van der Waals surface area (Å²) in [6.45, 7) is 3.53. The minimum atomic E-state index is -0.584. The van der Waals surface area contributed by atoms with Crippen LogP contribution >= 0.6 is 0 Å². The van der Waals surface area contributed by atoms with E-state index in [9.17, 15) is 8.78 Å². The van der Waals surface area contributed by atoms with Crippen LogP contribution in [0, 0.1) is 11.6 Å². The highest BCUT2D eigenvalue weighted by molar-refractivity contribution is 5.52. The van der Waals surface area contributed by atoms with Crippen molar-refractivity contribution in [1.82, 2.24) is 14.9 Å². The molecule has 0 bridgehead atoms. The number of imidazole rings is 1. The monoisotopic (exact) mass is 308 g/mol. The van der Waals surface area contributed by atoms with E-state index in [1.54, 1.807) is 23.6 Å². The molecule has 1 aliphatic rings. The smallest absolute Gasteiger partial charge is 0.153 e. The van der Waals surface area contributed by atoms with Crippen LogP contribution in [0.1, 0.15) is 0 Å². The first-order valence-electron chi connectivity index (χ1n) is 7.27. The van der Waals surface area contributed by atoms with Crippen molar-refractivity contribution in [2.45, 2.75) is 6.54 Å². The summed E-state index contributed by atoms with van der Waals surface area (Å²) < 4.78 is 35.7. The van der Waals surface area contributed by atoms with Crippen LogP contribution in [0.2, 0.25) is 0 Å². The Labute approximate surface area is 127 Å². The van der Waals surface area contributed by atoms with Crippen molar-refractivity contribution in [1.29, 1.82) is 0 Å². The molecule has 2 aromatic rings. The van der Waals surface area contributed by atoms with Crippen molar-refractivity contribution in [3.63, 3.8) is 0 Å². The summed E-state index contributed by atoms with van der Waals surface area (Å²) >= 11 is 0. The summed E-state index contributed by atoms with van der Waals surface area (Å²) in [6.07, 6.45) is 5.14. The lowest BCUT2D eigenvalue weighted by Crippen LogP contribution is -2.44. The van der Waals surface area contributed by atoms with Crippen molar-refractivity contribution in [3.8, 4) is 5.75 Å². The third kappa shape index (κ3) is 3.36. The Bertz CT molecular complexity index is 589. The highest BCUT2D eigenvalue weighted by atomic mass is 19.1. The molecule has 0 unspecified atom stereocenters. The van der Waals surface area contributed by atoms with Gasteiger partial charge in [-0.25, -0.2) is 13.8 Å². The van der Waals surface area contributed by atoms with Crippen LogP contribution in [0.25, 0.3) is 0 Å². The maximum atomic E-state index is 14.2. The molecule has 1 fully saturated rings. The number of anilines is 1. The lowest BCUT2D eigenvalue weighted by Gasteiger charge is -2.30. The Morgan fingerprint density at radius 1 is 1.18 bits per heavy atom. The van der Waals surface area contributed by atoms with E-state index in [1.807, 2.05) is 4.57 Å². The number of nitrogens with one attached hydrogen (secondary N) is 1. The van der Waals surface area contributed by atoms with Crippen molar-refractivity contribution in [2.24, 2.45) is 0 Å². The van der Waals surface area contributed by atoms with Gasteiger partial charge in [-0.2, -0.15) is 0 Å². The van der Waals surface area contributed by atoms with Crippen molar-refractivity contribution in [2.75, 3.05) is 37.7 Å². The number of piperazine rings is 1. The third-order valence-corrected chi connectivity index (χ3v) is 3.60. The Morgan fingerprint density at radius 3 is 2.55 bits per heavy atom. The Morgan fingerprint density at radius 2 is 1.91 bits per heavy atom. The second-order valence-corrected chi connectivity index (χ2v) is 5.12. The Kier molecular flexibility index (Phi) is 4.53. The first-order chi connectivity index (χ1) is 10.7. The molecule has 1 aliphatic heterocycles. The standard InChI is InChI=1S/C15H18F2N4O/c16-13-9-12(22-8-7-20-4-1-19-11-20)10-14(17)15(13)21-5-2-18-3-6-21/h1,4,9-11,18H,2-3,5-8H2. The normalized spacial score (nSPS) is 15.1. The zero-order valence-corrected chi connectivity index (χ0v) is 12.1. The topological polar surface area (TPSA) is 42.3 Å². The maximum absolute atomic E-state index is 14.2. The second-order valence-electron chi connectivity index (χ2n) is 5.12. The molecule has 0 spiro atoms. The molecule has 1 aromatic carbocycles. The van der Waals surface area contributed by atoms with Crippen LogP contribution in [0.15, 0.2) is 30.9 Å². The van der Waals surface area contributed by atoms with E-state index in [2.05, 4.69) is 10.3 Å². The molecular weight excluding hydrogens is 290 g/mol. The Hall–Kier alpha value is -2.15. The van der Waals surface area contributed by atoms with E-state index >= 15 is 0 Å². The lowest BCUT2D eigenvalue weighted by molar-refractivity contribution is 0.295. The van der Waals surface area contributed by atoms with Gasteiger partial charge < -0.3 is 19.5 Å². The van der Waals surface area contributed by atoms with E-state index in [0.717, 1.165) is 13.1 Å². The fraction of sp³-hybridized carbons (Fsp3) is 0.400. The number of halogens is 2. The van der Waals surface area contributed by atoms with E-state index in [-0.39, 0.29) is 11.4 Å². The average Bonchev–Trinajstić information content (AvgIpc) is 3.01. The van der Waals surface area contributed by atoms with E-state index in [4.69, 9.17) is 4.74 Å². The molecule has 1 saturated heterocycles. The second kappa shape index (κ2) is 6.74. The number of benzene rings is 1. The van der Waals surface area contributed by atoms with Gasteiger partial charge in [0.25, 0.3) is 0 Å². The quantitative estimate of drug-likeness (QED) is 0.912. The summed E-state index contributed by atoms with van der Waals surface area (Å²) in [5.41, 5.74) is 0.0310. The van der Waals surface area contributed by atoms with Crippen LogP contribution in [0.5, 0.6) is 5.75 Å². The fourth-order valence-corrected chi connectivity index (χ4v) is 2.50. The summed E-state index contributed by atoms with van der Waals surface area (Å²) in [5.74, 6) is -0.965. The molecule has 0 radical (unpaired) electrons. The highest BCUT2D eigenvalue weighted by Gasteiger charge is 2.20. The first kappa shape index (κ1) is 14.8. The largest absolute Gasteiger partial charge is 0.492 e. The molecule has 0 amide bonds. The van der Waals surface area contributed by atoms with Crippen LogP contribution in [0.3, 0.4) is 0 Å².